The Hall–Kier alpha value is -1.13. The third-order valence-electron chi connectivity index (χ3n) is 1.49. The summed E-state index contributed by atoms with van der Waals surface area (Å²) in [5.41, 5.74) is -0.144. The van der Waals surface area contributed by atoms with Crippen LogP contribution in [0.3, 0.4) is 0 Å². The van der Waals surface area contributed by atoms with Crippen LogP contribution in [-0.2, 0) is 4.79 Å². The van der Waals surface area contributed by atoms with Crippen LogP contribution in [0.5, 0.6) is 0 Å². The SMILES string of the molecule is O=C(O)[C@@H](O)c1cc(F)ccc1Cl. The lowest BCUT2D eigenvalue weighted by Crippen LogP contribution is -2.11. The summed E-state index contributed by atoms with van der Waals surface area (Å²) >= 11 is 5.55. The maximum atomic E-state index is 12.6. The molecule has 5 heteroatoms. The highest BCUT2D eigenvalue weighted by atomic mass is 35.5. The Balaban J connectivity index is 3.12. The van der Waals surface area contributed by atoms with Gasteiger partial charge in [0.2, 0.25) is 0 Å². The zero-order valence-corrected chi connectivity index (χ0v) is 7.12. The van der Waals surface area contributed by atoms with Gasteiger partial charge in [-0.1, -0.05) is 11.6 Å². The number of carbonyl (C=O) groups is 1. The van der Waals surface area contributed by atoms with Crippen LogP contribution < -0.4 is 0 Å². The Bertz CT molecular complexity index is 340. The van der Waals surface area contributed by atoms with Gasteiger partial charge in [0.05, 0.1) is 0 Å². The molecule has 70 valence electrons. The van der Waals surface area contributed by atoms with E-state index < -0.39 is 17.9 Å². The van der Waals surface area contributed by atoms with Gasteiger partial charge in [0.1, 0.15) is 5.82 Å². The molecule has 1 aromatic carbocycles. The second-order valence-corrected chi connectivity index (χ2v) is 2.81. The summed E-state index contributed by atoms with van der Waals surface area (Å²) in [5.74, 6) is -2.10. The molecule has 0 aliphatic carbocycles. The Kier molecular flexibility index (Phi) is 2.85. The Morgan fingerprint density at radius 2 is 2.15 bits per heavy atom. The lowest BCUT2D eigenvalue weighted by atomic mass is 10.1. The maximum Gasteiger partial charge on any atom is 0.337 e. The first-order valence-electron chi connectivity index (χ1n) is 3.38. The number of aliphatic carboxylic acids is 1. The number of carboxylic acids is 1. The Labute approximate surface area is 78.4 Å². The summed E-state index contributed by atoms with van der Waals surface area (Å²) in [5, 5.41) is 17.5. The van der Waals surface area contributed by atoms with E-state index in [2.05, 4.69) is 0 Å². The molecule has 13 heavy (non-hydrogen) atoms. The molecule has 2 N–H and O–H groups in total. The topological polar surface area (TPSA) is 57.5 Å². The van der Waals surface area contributed by atoms with E-state index in [0.29, 0.717) is 0 Å². The van der Waals surface area contributed by atoms with Gasteiger partial charge in [-0.25, -0.2) is 9.18 Å². The van der Waals surface area contributed by atoms with Crippen molar-refractivity contribution in [3.05, 3.63) is 34.6 Å². The molecule has 0 spiro atoms. The van der Waals surface area contributed by atoms with E-state index in [0.717, 1.165) is 12.1 Å². The molecule has 0 heterocycles. The van der Waals surface area contributed by atoms with E-state index >= 15 is 0 Å². The van der Waals surface area contributed by atoms with Crippen LogP contribution in [0.25, 0.3) is 0 Å². The van der Waals surface area contributed by atoms with Crippen molar-refractivity contribution in [3.63, 3.8) is 0 Å². The molecule has 0 saturated carbocycles. The summed E-state index contributed by atoms with van der Waals surface area (Å²) in [6.07, 6.45) is -1.79. The predicted octanol–water partition coefficient (Wildman–Crippen LogP) is 1.60. The largest absolute Gasteiger partial charge is 0.479 e. The van der Waals surface area contributed by atoms with Crippen LogP contribution in [0.4, 0.5) is 4.39 Å². The minimum atomic E-state index is -1.79. The minimum absolute atomic E-state index is 0.0244. The van der Waals surface area contributed by atoms with Gasteiger partial charge in [0, 0.05) is 10.6 Å². The minimum Gasteiger partial charge on any atom is -0.479 e. The molecule has 1 aromatic rings. The highest BCUT2D eigenvalue weighted by Crippen LogP contribution is 2.23. The fourth-order valence-corrected chi connectivity index (χ4v) is 1.08. The highest BCUT2D eigenvalue weighted by molar-refractivity contribution is 6.31. The molecular formula is C8H6ClFO3. The van der Waals surface area contributed by atoms with E-state index in [1.54, 1.807) is 0 Å². The molecule has 0 aliphatic rings. The van der Waals surface area contributed by atoms with Crippen molar-refractivity contribution in [1.82, 2.24) is 0 Å². The summed E-state index contributed by atoms with van der Waals surface area (Å²) in [7, 11) is 0. The van der Waals surface area contributed by atoms with E-state index in [4.69, 9.17) is 21.8 Å². The predicted molar refractivity (Wildman–Crippen MR) is 44.0 cm³/mol. The quantitative estimate of drug-likeness (QED) is 0.769. The van der Waals surface area contributed by atoms with Crippen molar-refractivity contribution in [2.45, 2.75) is 6.10 Å². The molecular weight excluding hydrogens is 199 g/mol. The van der Waals surface area contributed by atoms with E-state index in [1.807, 2.05) is 0 Å². The Morgan fingerprint density at radius 1 is 1.54 bits per heavy atom. The van der Waals surface area contributed by atoms with Crippen molar-refractivity contribution < 1.29 is 19.4 Å². The second kappa shape index (κ2) is 3.72. The smallest absolute Gasteiger partial charge is 0.337 e. The van der Waals surface area contributed by atoms with E-state index in [1.165, 1.54) is 6.07 Å². The van der Waals surface area contributed by atoms with Gasteiger partial charge in [-0.15, -0.1) is 0 Å². The van der Waals surface area contributed by atoms with Crippen molar-refractivity contribution >= 4 is 17.6 Å². The van der Waals surface area contributed by atoms with Crippen LogP contribution in [0.2, 0.25) is 5.02 Å². The third kappa shape index (κ3) is 2.17. The highest BCUT2D eigenvalue weighted by Gasteiger charge is 2.19. The summed E-state index contributed by atoms with van der Waals surface area (Å²) in [6.45, 7) is 0. The number of aliphatic hydroxyl groups excluding tert-OH is 1. The monoisotopic (exact) mass is 204 g/mol. The first-order chi connectivity index (χ1) is 6.02. The van der Waals surface area contributed by atoms with Gasteiger partial charge in [-0.3, -0.25) is 0 Å². The zero-order chi connectivity index (χ0) is 10.0. The molecule has 0 unspecified atom stereocenters. The first-order valence-corrected chi connectivity index (χ1v) is 3.76. The van der Waals surface area contributed by atoms with Gasteiger partial charge in [-0.2, -0.15) is 0 Å². The number of halogens is 2. The van der Waals surface area contributed by atoms with Crippen LogP contribution in [0.1, 0.15) is 11.7 Å². The van der Waals surface area contributed by atoms with Gasteiger partial charge in [-0.05, 0) is 18.2 Å². The molecule has 0 aromatic heterocycles. The normalized spacial score (nSPS) is 12.5. The molecule has 0 fully saturated rings. The summed E-state index contributed by atoms with van der Waals surface area (Å²) < 4.78 is 12.6. The van der Waals surface area contributed by atoms with Crippen molar-refractivity contribution in [2.24, 2.45) is 0 Å². The molecule has 1 atom stereocenters. The van der Waals surface area contributed by atoms with Crippen molar-refractivity contribution in [1.29, 1.82) is 0 Å². The zero-order valence-electron chi connectivity index (χ0n) is 6.37. The van der Waals surface area contributed by atoms with E-state index in [-0.39, 0.29) is 10.6 Å². The van der Waals surface area contributed by atoms with Gasteiger partial charge >= 0.3 is 5.97 Å². The molecule has 0 amide bonds. The van der Waals surface area contributed by atoms with Crippen molar-refractivity contribution in [3.8, 4) is 0 Å². The average Bonchev–Trinajstić information content (AvgIpc) is 2.08. The lowest BCUT2D eigenvalue weighted by Gasteiger charge is -2.07. The van der Waals surface area contributed by atoms with Gasteiger partial charge in [0.25, 0.3) is 0 Å². The molecule has 1 rings (SSSR count). The van der Waals surface area contributed by atoms with Gasteiger partial charge in [0.15, 0.2) is 6.10 Å². The van der Waals surface area contributed by atoms with Crippen LogP contribution in [0.15, 0.2) is 18.2 Å². The number of benzene rings is 1. The number of carboxylic acid groups (broad SMARTS) is 1. The van der Waals surface area contributed by atoms with Gasteiger partial charge < -0.3 is 10.2 Å². The number of rotatable bonds is 2. The lowest BCUT2D eigenvalue weighted by molar-refractivity contribution is -0.146. The van der Waals surface area contributed by atoms with Crippen LogP contribution >= 0.6 is 11.6 Å². The number of hydrogen-bond acceptors (Lipinski definition) is 2. The molecule has 0 radical (unpaired) electrons. The standard InChI is InChI=1S/C8H6ClFO3/c9-6-2-1-4(10)3-5(6)7(11)8(12)13/h1-3,7,11H,(H,12,13)/t7-/m0/s1. The first kappa shape index (κ1) is 9.95. The number of aliphatic hydroxyl groups is 1. The molecule has 0 bridgehead atoms. The van der Waals surface area contributed by atoms with Crippen LogP contribution in [-0.4, -0.2) is 16.2 Å². The number of hydrogen-bond donors (Lipinski definition) is 2. The van der Waals surface area contributed by atoms with Crippen LogP contribution in [0, 0.1) is 5.82 Å². The maximum absolute atomic E-state index is 12.6. The van der Waals surface area contributed by atoms with Crippen molar-refractivity contribution in [2.75, 3.05) is 0 Å². The fraction of sp³-hybridized carbons (Fsp3) is 0.125. The fourth-order valence-electron chi connectivity index (χ4n) is 0.857. The summed E-state index contributed by atoms with van der Waals surface area (Å²) in [6, 6.07) is 3.17. The molecule has 0 aliphatic heterocycles. The third-order valence-corrected chi connectivity index (χ3v) is 1.83. The molecule has 3 nitrogen and oxygen atoms in total. The molecule has 0 saturated heterocycles. The van der Waals surface area contributed by atoms with E-state index in [9.17, 15) is 9.18 Å². The summed E-state index contributed by atoms with van der Waals surface area (Å²) in [4.78, 5) is 10.3. The average molecular weight is 205 g/mol. The second-order valence-electron chi connectivity index (χ2n) is 2.41. The Morgan fingerprint density at radius 3 is 2.69 bits per heavy atom.